The van der Waals surface area contributed by atoms with E-state index >= 15 is 0 Å². The van der Waals surface area contributed by atoms with E-state index in [1.807, 2.05) is 13.1 Å². The van der Waals surface area contributed by atoms with Crippen LogP contribution in [-0.2, 0) is 11.3 Å². The Hall–Kier alpha value is -0.740. The lowest BCUT2D eigenvalue weighted by Crippen LogP contribution is -2.34. The minimum atomic E-state index is 0.373. The molecule has 1 fully saturated rings. The third-order valence-corrected chi connectivity index (χ3v) is 3.28. The lowest BCUT2D eigenvalue weighted by molar-refractivity contribution is -0.122. The molecule has 0 radical (unpaired) electrons. The highest BCUT2D eigenvalue weighted by Gasteiger charge is 2.17. The molecule has 1 aromatic heterocycles. The summed E-state index contributed by atoms with van der Waals surface area (Å²) in [5, 5.41) is 1.10. The monoisotopic (exact) mass is 210 g/mol. The van der Waals surface area contributed by atoms with Gasteiger partial charge in [0.15, 0.2) is 0 Å². The molecule has 1 aliphatic rings. The first kappa shape index (κ1) is 9.80. The van der Waals surface area contributed by atoms with Gasteiger partial charge in [0.2, 0.25) is 0 Å². The Balaban J connectivity index is 1.93. The second kappa shape index (κ2) is 4.19. The van der Waals surface area contributed by atoms with Crippen LogP contribution in [0.1, 0.15) is 22.7 Å². The average Bonchev–Trinajstić information content (AvgIpc) is 2.51. The summed E-state index contributed by atoms with van der Waals surface area (Å²) >= 11 is 1.72. The summed E-state index contributed by atoms with van der Waals surface area (Å²) in [5.74, 6) is 0.373. The molecule has 1 aromatic rings. The molecular weight excluding hydrogens is 196 g/mol. The molecule has 0 bridgehead atoms. The Kier molecular flexibility index (Phi) is 2.93. The van der Waals surface area contributed by atoms with E-state index in [9.17, 15) is 4.79 Å². The summed E-state index contributed by atoms with van der Waals surface area (Å²) in [6.07, 6.45) is 3.69. The van der Waals surface area contributed by atoms with E-state index in [1.54, 1.807) is 11.3 Å². The van der Waals surface area contributed by atoms with Crippen LogP contribution in [0.5, 0.6) is 0 Å². The molecule has 0 amide bonds. The van der Waals surface area contributed by atoms with Crippen molar-refractivity contribution in [1.82, 2.24) is 9.88 Å². The number of ketones is 1. The normalized spacial score (nSPS) is 18.8. The summed E-state index contributed by atoms with van der Waals surface area (Å²) in [7, 11) is 0. The van der Waals surface area contributed by atoms with Crippen molar-refractivity contribution in [3.05, 3.63) is 16.1 Å². The number of carbonyl (C=O) groups is 1. The second-order valence-corrected chi connectivity index (χ2v) is 5.02. The van der Waals surface area contributed by atoms with Crippen LogP contribution in [0.2, 0.25) is 0 Å². The van der Waals surface area contributed by atoms with Gasteiger partial charge < -0.3 is 0 Å². The molecular formula is C10H14N2OS. The minimum Gasteiger partial charge on any atom is -0.298 e. The highest BCUT2D eigenvalue weighted by molar-refractivity contribution is 7.11. The van der Waals surface area contributed by atoms with Crippen LogP contribution in [-0.4, -0.2) is 28.8 Å². The van der Waals surface area contributed by atoms with E-state index in [2.05, 4.69) is 9.88 Å². The van der Waals surface area contributed by atoms with Crippen LogP contribution in [0.4, 0.5) is 0 Å². The Labute approximate surface area is 87.8 Å². The zero-order valence-corrected chi connectivity index (χ0v) is 9.14. The second-order valence-electron chi connectivity index (χ2n) is 3.70. The number of hydrogen-bond acceptors (Lipinski definition) is 4. The summed E-state index contributed by atoms with van der Waals surface area (Å²) in [4.78, 5) is 18.9. The Morgan fingerprint density at radius 2 is 2.50 bits per heavy atom. The predicted molar refractivity (Wildman–Crippen MR) is 56.4 cm³/mol. The standard InChI is InChI=1S/C10H14N2OS/c1-8-11-5-10(14-8)7-12-4-2-3-9(13)6-12/h5H,2-4,6-7H2,1H3. The number of aromatic nitrogens is 1. The average molecular weight is 210 g/mol. The van der Waals surface area contributed by atoms with Gasteiger partial charge >= 0.3 is 0 Å². The van der Waals surface area contributed by atoms with Crippen molar-refractivity contribution in [2.75, 3.05) is 13.1 Å². The first-order chi connectivity index (χ1) is 6.74. The van der Waals surface area contributed by atoms with Gasteiger partial charge in [-0.2, -0.15) is 0 Å². The van der Waals surface area contributed by atoms with Crippen LogP contribution in [0.25, 0.3) is 0 Å². The van der Waals surface area contributed by atoms with Gasteiger partial charge in [0.1, 0.15) is 5.78 Å². The zero-order valence-electron chi connectivity index (χ0n) is 8.32. The molecule has 0 aliphatic carbocycles. The van der Waals surface area contributed by atoms with Crippen molar-refractivity contribution in [2.24, 2.45) is 0 Å². The molecule has 1 aliphatic heterocycles. The maximum absolute atomic E-state index is 11.2. The Bertz CT molecular complexity index is 335. The number of Topliss-reactive ketones (excluding diaryl/α,β-unsaturated/α-hetero) is 1. The van der Waals surface area contributed by atoms with Gasteiger partial charge in [0, 0.05) is 24.0 Å². The van der Waals surface area contributed by atoms with Gasteiger partial charge in [-0.25, -0.2) is 4.98 Å². The quantitative estimate of drug-likeness (QED) is 0.743. The number of rotatable bonds is 2. The molecule has 4 heteroatoms. The Morgan fingerprint density at radius 3 is 3.14 bits per heavy atom. The van der Waals surface area contributed by atoms with Crippen molar-refractivity contribution in [3.8, 4) is 0 Å². The molecule has 3 nitrogen and oxygen atoms in total. The fourth-order valence-corrected chi connectivity index (χ4v) is 2.58. The van der Waals surface area contributed by atoms with Gasteiger partial charge in [-0.15, -0.1) is 11.3 Å². The number of likely N-dealkylation sites (tertiary alicyclic amines) is 1. The third-order valence-electron chi connectivity index (χ3n) is 2.38. The fraction of sp³-hybridized carbons (Fsp3) is 0.600. The van der Waals surface area contributed by atoms with Crippen LogP contribution >= 0.6 is 11.3 Å². The van der Waals surface area contributed by atoms with Crippen molar-refractivity contribution < 1.29 is 4.79 Å². The number of hydrogen-bond donors (Lipinski definition) is 0. The number of thiazole rings is 1. The fourth-order valence-electron chi connectivity index (χ4n) is 1.74. The van der Waals surface area contributed by atoms with E-state index in [0.717, 1.165) is 30.9 Å². The molecule has 0 spiro atoms. The molecule has 0 N–H and O–H groups in total. The minimum absolute atomic E-state index is 0.373. The molecule has 0 saturated carbocycles. The van der Waals surface area contributed by atoms with Crippen LogP contribution in [0.15, 0.2) is 6.20 Å². The van der Waals surface area contributed by atoms with Crippen molar-refractivity contribution >= 4 is 17.1 Å². The summed E-state index contributed by atoms with van der Waals surface area (Å²) in [6.45, 7) is 4.56. The van der Waals surface area contributed by atoms with Crippen molar-refractivity contribution in [2.45, 2.75) is 26.3 Å². The molecule has 0 unspecified atom stereocenters. The third kappa shape index (κ3) is 2.39. The van der Waals surface area contributed by atoms with E-state index in [4.69, 9.17) is 0 Å². The number of piperidine rings is 1. The molecule has 2 heterocycles. The maximum Gasteiger partial charge on any atom is 0.146 e. The molecule has 76 valence electrons. The molecule has 2 rings (SSSR count). The molecule has 1 saturated heterocycles. The van der Waals surface area contributed by atoms with Gasteiger partial charge in [-0.05, 0) is 19.9 Å². The van der Waals surface area contributed by atoms with E-state index in [-0.39, 0.29) is 0 Å². The zero-order chi connectivity index (χ0) is 9.97. The lowest BCUT2D eigenvalue weighted by atomic mass is 10.1. The smallest absolute Gasteiger partial charge is 0.146 e. The van der Waals surface area contributed by atoms with Gasteiger partial charge in [0.25, 0.3) is 0 Å². The first-order valence-corrected chi connectivity index (χ1v) is 5.71. The number of carbonyl (C=O) groups excluding carboxylic acids is 1. The summed E-state index contributed by atoms with van der Waals surface area (Å²) in [6, 6.07) is 0. The summed E-state index contributed by atoms with van der Waals surface area (Å²) in [5.41, 5.74) is 0. The maximum atomic E-state index is 11.2. The van der Waals surface area contributed by atoms with E-state index in [0.29, 0.717) is 12.3 Å². The van der Waals surface area contributed by atoms with E-state index in [1.165, 1.54) is 4.88 Å². The Morgan fingerprint density at radius 1 is 1.64 bits per heavy atom. The molecule has 0 atom stereocenters. The number of aryl methyl sites for hydroxylation is 1. The number of nitrogens with zero attached hydrogens (tertiary/aromatic N) is 2. The van der Waals surface area contributed by atoms with Gasteiger partial charge in [-0.1, -0.05) is 0 Å². The van der Waals surface area contributed by atoms with Gasteiger partial charge in [0.05, 0.1) is 11.6 Å². The van der Waals surface area contributed by atoms with Crippen molar-refractivity contribution in [1.29, 1.82) is 0 Å². The highest BCUT2D eigenvalue weighted by atomic mass is 32.1. The van der Waals surface area contributed by atoms with E-state index < -0.39 is 0 Å². The largest absolute Gasteiger partial charge is 0.298 e. The van der Waals surface area contributed by atoms with Crippen LogP contribution < -0.4 is 0 Å². The summed E-state index contributed by atoms with van der Waals surface area (Å²) < 4.78 is 0. The molecule has 14 heavy (non-hydrogen) atoms. The topological polar surface area (TPSA) is 33.2 Å². The highest BCUT2D eigenvalue weighted by Crippen LogP contribution is 2.16. The van der Waals surface area contributed by atoms with Crippen molar-refractivity contribution in [3.63, 3.8) is 0 Å². The SMILES string of the molecule is Cc1ncc(CN2CCCC(=O)C2)s1. The van der Waals surface area contributed by atoms with Gasteiger partial charge in [-0.3, -0.25) is 9.69 Å². The predicted octanol–water partition coefficient (Wildman–Crippen LogP) is 1.62. The lowest BCUT2D eigenvalue weighted by Gasteiger charge is -2.24. The van der Waals surface area contributed by atoms with Crippen LogP contribution in [0.3, 0.4) is 0 Å². The van der Waals surface area contributed by atoms with Crippen LogP contribution in [0, 0.1) is 6.92 Å². The molecule has 0 aromatic carbocycles. The first-order valence-electron chi connectivity index (χ1n) is 4.89.